The molecular formula is C14H18O4. The third-order valence-electron chi connectivity index (χ3n) is 3.73. The zero-order valence-corrected chi connectivity index (χ0v) is 10.6. The van der Waals surface area contributed by atoms with Gasteiger partial charge in [0.25, 0.3) is 0 Å². The van der Waals surface area contributed by atoms with E-state index in [1.54, 1.807) is 6.92 Å². The van der Waals surface area contributed by atoms with Crippen molar-refractivity contribution >= 4 is 17.3 Å². The molecule has 1 aliphatic heterocycles. The molecule has 0 spiro atoms. The molecule has 0 atom stereocenters. The average molecular weight is 250 g/mol. The fourth-order valence-corrected chi connectivity index (χ4v) is 2.71. The van der Waals surface area contributed by atoms with E-state index in [1.807, 2.05) is 6.08 Å². The summed E-state index contributed by atoms with van der Waals surface area (Å²) in [5.41, 5.74) is 1.14. The lowest BCUT2D eigenvalue weighted by atomic mass is 9.74. The quantitative estimate of drug-likeness (QED) is 0.562. The number of ether oxygens (including phenoxy) is 1. The molecule has 1 aliphatic carbocycles. The van der Waals surface area contributed by atoms with Crippen LogP contribution in [0.15, 0.2) is 11.6 Å². The van der Waals surface area contributed by atoms with E-state index < -0.39 is 5.92 Å². The molecule has 0 saturated heterocycles. The normalized spacial score (nSPS) is 29.1. The highest BCUT2D eigenvalue weighted by molar-refractivity contribution is 6.20. The lowest BCUT2D eigenvalue weighted by molar-refractivity contribution is -0.143. The van der Waals surface area contributed by atoms with Gasteiger partial charge in [-0.1, -0.05) is 18.6 Å². The Morgan fingerprint density at radius 2 is 2.00 bits per heavy atom. The number of carbonyl (C=O) groups excluding carboxylic acids is 3. The highest BCUT2D eigenvalue weighted by Crippen LogP contribution is 2.32. The van der Waals surface area contributed by atoms with Crippen LogP contribution in [-0.4, -0.2) is 30.6 Å². The minimum atomic E-state index is -0.980. The van der Waals surface area contributed by atoms with Crippen molar-refractivity contribution in [1.29, 1.82) is 0 Å². The summed E-state index contributed by atoms with van der Waals surface area (Å²) < 4.78 is 5.22. The zero-order chi connectivity index (χ0) is 13.1. The molecule has 0 N–H and O–H groups in total. The number of hydrogen-bond acceptors (Lipinski definition) is 4. The largest absolute Gasteiger partial charge is 0.377 e. The number of Topliss-reactive ketones (excluding diaryl/α,β-unsaturated/α-hetero) is 3. The summed E-state index contributed by atoms with van der Waals surface area (Å²) in [5.74, 6) is -1.61. The summed E-state index contributed by atoms with van der Waals surface area (Å²) in [6, 6.07) is 0. The second-order valence-corrected chi connectivity index (χ2v) is 4.89. The Labute approximate surface area is 106 Å². The van der Waals surface area contributed by atoms with Crippen molar-refractivity contribution in [3.8, 4) is 0 Å². The molecule has 4 heteroatoms. The number of carbonyl (C=O) groups is 3. The SMILES string of the molecule is CCC(=O)C1C(=O)CC(C2=CCOCC2)CC1=O. The smallest absolute Gasteiger partial charge is 0.151 e. The first-order valence-electron chi connectivity index (χ1n) is 6.48. The molecule has 0 unspecified atom stereocenters. The van der Waals surface area contributed by atoms with Gasteiger partial charge in [0.05, 0.1) is 13.2 Å². The average Bonchev–Trinajstić information content (AvgIpc) is 2.38. The van der Waals surface area contributed by atoms with Crippen molar-refractivity contribution in [3.63, 3.8) is 0 Å². The van der Waals surface area contributed by atoms with E-state index >= 15 is 0 Å². The van der Waals surface area contributed by atoms with Crippen molar-refractivity contribution in [2.75, 3.05) is 13.2 Å². The minimum absolute atomic E-state index is 0.00481. The van der Waals surface area contributed by atoms with Gasteiger partial charge < -0.3 is 4.74 Å². The Morgan fingerprint density at radius 3 is 2.50 bits per heavy atom. The molecule has 0 amide bonds. The van der Waals surface area contributed by atoms with E-state index in [9.17, 15) is 14.4 Å². The van der Waals surface area contributed by atoms with Crippen LogP contribution >= 0.6 is 0 Å². The Bertz CT molecular complexity index is 390. The minimum Gasteiger partial charge on any atom is -0.377 e. The van der Waals surface area contributed by atoms with Crippen LogP contribution in [0.25, 0.3) is 0 Å². The first kappa shape index (κ1) is 13.1. The maximum atomic E-state index is 12.0. The van der Waals surface area contributed by atoms with Gasteiger partial charge in [0, 0.05) is 19.3 Å². The van der Waals surface area contributed by atoms with Crippen LogP contribution < -0.4 is 0 Å². The van der Waals surface area contributed by atoms with Crippen LogP contribution in [0.5, 0.6) is 0 Å². The summed E-state index contributed by atoms with van der Waals surface area (Å²) in [6.07, 6.45) is 3.67. The molecule has 0 bridgehead atoms. The molecule has 0 aromatic carbocycles. The molecular weight excluding hydrogens is 232 g/mol. The van der Waals surface area contributed by atoms with Crippen LogP contribution in [0.3, 0.4) is 0 Å². The maximum Gasteiger partial charge on any atom is 0.151 e. The highest BCUT2D eigenvalue weighted by Gasteiger charge is 2.40. The van der Waals surface area contributed by atoms with Gasteiger partial charge in [-0.15, -0.1) is 0 Å². The molecule has 2 aliphatic rings. The van der Waals surface area contributed by atoms with E-state index in [1.165, 1.54) is 0 Å². The lowest BCUT2D eigenvalue weighted by Gasteiger charge is -2.28. The van der Waals surface area contributed by atoms with E-state index in [2.05, 4.69) is 0 Å². The molecule has 1 heterocycles. The topological polar surface area (TPSA) is 60.4 Å². The molecule has 0 aromatic heterocycles. The van der Waals surface area contributed by atoms with Crippen molar-refractivity contribution < 1.29 is 19.1 Å². The molecule has 2 rings (SSSR count). The Balaban J connectivity index is 2.09. The van der Waals surface area contributed by atoms with Crippen LogP contribution in [0.4, 0.5) is 0 Å². The number of ketones is 3. The first-order valence-corrected chi connectivity index (χ1v) is 6.48. The molecule has 1 fully saturated rings. The molecule has 1 saturated carbocycles. The van der Waals surface area contributed by atoms with Gasteiger partial charge in [0.1, 0.15) is 5.92 Å². The Kier molecular flexibility index (Phi) is 4.07. The molecule has 0 radical (unpaired) electrons. The Hall–Kier alpha value is -1.29. The summed E-state index contributed by atoms with van der Waals surface area (Å²) in [5, 5.41) is 0. The molecule has 4 nitrogen and oxygen atoms in total. The first-order chi connectivity index (χ1) is 8.63. The van der Waals surface area contributed by atoms with Crippen LogP contribution in [-0.2, 0) is 19.1 Å². The fraction of sp³-hybridized carbons (Fsp3) is 0.643. The van der Waals surface area contributed by atoms with Gasteiger partial charge in [-0.05, 0) is 12.3 Å². The second kappa shape index (κ2) is 5.57. The van der Waals surface area contributed by atoms with E-state index in [-0.39, 0.29) is 29.7 Å². The van der Waals surface area contributed by atoms with Gasteiger partial charge in [-0.3, -0.25) is 14.4 Å². The summed E-state index contributed by atoms with van der Waals surface area (Å²) >= 11 is 0. The lowest BCUT2D eigenvalue weighted by Crippen LogP contribution is -2.39. The maximum absolute atomic E-state index is 12.0. The monoisotopic (exact) mass is 250 g/mol. The van der Waals surface area contributed by atoms with Gasteiger partial charge in [-0.2, -0.15) is 0 Å². The fourth-order valence-electron chi connectivity index (χ4n) is 2.71. The van der Waals surface area contributed by atoms with E-state index in [0.29, 0.717) is 26.1 Å². The van der Waals surface area contributed by atoms with Gasteiger partial charge in [-0.25, -0.2) is 0 Å². The predicted molar refractivity (Wildman–Crippen MR) is 65.0 cm³/mol. The Morgan fingerprint density at radius 1 is 1.33 bits per heavy atom. The number of rotatable bonds is 3. The van der Waals surface area contributed by atoms with Crippen molar-refractivity contribution in [2.45, 2.75) is 32.6 Å². The molecule has 98 valence electrons. The van der Waals surface area contributed by atoms with Gasteiger partial charge in [0.15, 0.2) is 17.3 Å². The number of hydrogen-bond donors (Lipinski definition) is 0. The van der Waals surface area contributed by atoms with Crippen molar-refractivity contribution in [1.82, 2.24) is 0 Å². The van der Waals surface area contributed by atoms with Gasteiger partial charge in [0.2, 0.25) is 0 Å². The standard InChI is InChI=1S/C14H18O4/c1-2-11(15)14-12(16)7-10(8-13(14)17)9-3-5-18-6-4-9/h3,10,14H,2,4-8H2,1H3. The van der Waals surface area contributed by atoms with E-state index in [4.69, 9.17) is 4.74 Å². The second-order valence-electron chi connectivity index (χ2n) is 4.89. The zero-order valence-electron chi connectivity index (χ0n) is 10.6. The highest BCUT2D eigenvalue weighted by atomic mass is 16.5. The summed E-state index contributed by atoms with van der Waals surface area (Å²) in [6.45, 7) is 2.91. The third kappa shape index (κ3) is 2.58. The van der Waals surface area contributed by atoms with Crippen molar-refractivity contribution in [3.05, 3.63) is 11.6 Å². The van der Waals surface area contributed by atoms with Crippen LogP contribution in [0, 0.1) is 11.8 Å². The third-order valence-corrected chi connectivity index (χ3v) is 3.73. The molecule has 0 aromatic rings. The summed E-state index contributed by atoms with van der Waals surface area (Å²) in [7, 11) is 0. The summed E-state index contributed by atoms with van der Waals surface area (Å²) in [4.78, 5) is 35.5. The van der Waals surface area contributed by atoms with Crippen LogP contribution in [0.1, 0.15) is 32.6 Å². The van der Waals surface area contributed by atoms with Crippen LogP contribution in [0.2, 0.25) is 0 Å². The molecule has 18 heavy (non-hydrogen) atoms. The predicted octanol–water partition coefficient (Wildman–Crippen LogP) is 1.48. The van der Waals surface area contributed by atoms with E-state index in [0.717, 1.165) is 12.0 Å². The van der Waals surface area contributed by atoms with Gasteiger partial charge >= 0.3 is 0 Å². The van der Waals surface area contributed by atoms with Crippen molar-refractivity contribution in [2.24, 2.45) is 11.8 Å².